The number of primary amides is 1. The van der Waals surface area contributed by atoms with Gasteiger partial charge in [0, 0.05) is 12.4 Å². The van der Waals surface area contributed by atoms with Crippen LogP contribution in [0.15, 0.2) is 67.0 Å². The van der Waals surface area contributed by atoms with Crippen molar-refractivity contribution >= 4 is 11.8 Å². The van der Waals surface area contributed by atoms with E-state index in [4.69, 9.17) is 5.73 Å². The van der Waals surface area contributed by atoms with Crippen LogP contribution in [0.1, 0.15) is 32.4 Å². The van der Waals surface area contributed by atoms with E-state index in [0.717, 1.165) is 11.4 Å². The summed E-state index contributed by atoms with van der Waals surface area (Å²) >= 11 is 0. The van der Waals surface area contributed by atoms with Crippen LogP contribution in [0.25, 0.3) is 0 Å². The first kappa shape index (κ1) is 17.2. The van der Waals surface area contributed by atoms with E-state index in [1.165, 1.54) is 6.07 Å². The van der Waals surface area contributed by atoms with Crippen LogP contribution < -0.4 is 5.73 Å². The van der Waals surface area contributed by atoms with Crippen LogP contribution in [0.4, 0.5) is 0 Å². The number of hydrogen-bond acceptors (Lipinski definition) is 5. The first-order valence-corrected chi connectivity index (χ1v) is 7.99. The third-order valence-electron chi connectivity index (χ3n) is 3.67. The molecule has 0 saturated heterocycles. The minimum Gasteiger partial charge on any atom is -0.364 e. The minimum atomic E-state index is -0.680. The molecular weight excluding hydrogens is 330 g/mol. The Balaban J connectivity index is 1.89. The van der Waals surface area contributed by atoms with Crippen LogP contribution in [0.5, 0.6) is 0 Å². The Bertz CT molecular complexity index is 859. The van der Waals surface area contributed by atoms with Crippen molar-refractivity contribution < 1.29 is 9.59 Å². The predicted octanol–water partition coefficient (Wildman–Crippen LogP) is 1.81. The first-order chi connectivity index (χ1) is 12.6. The number of carbonyl (C=O) groups is 2. The van der Waals surface area contributed by atoms with Crippen molar-refractivity contribution in [3.63, 3.8) is 0 Å². The summed E-state index contributed by atoms with van der Waals surface area (Å²) in [6.07, 6.45) is 3.34. The number of hydrogen-bond donors (Lipinski definition) is 1. The van der Waals surface area contributed by atoms with Crippen LogP contribution in [0.2, 0.25) is 0 Å². The molecular formula is C19H17N5O2. The molecule has 0 spiro atoms. The molecule has 0 bridgehead atoms. The van der Waals surface area contributed by atoms with Gasteiger partial charge in [-0.25, -0.2) is 4.98 Å². The van der Waals surface area contributed by atoms with Crippen molar-refractivity contribution in [3.8, 4) is 0 Å². The molecule has 130 valence electrons. The molecule has 0 aliphatic rings. The SMILES string of the molecule is NC(=O)c1cccc(C(=O)N(Cc2ccccn2)Cc2ccccn2)n1. The van der Waals surface area contributed by atoms with E-state index in [1.54, 1.807) is 29.4 Å². The molecule has 0 atom stereocenters. The molecule has 7 nitrogen and oxygen atoms in total. The molecule has 0 radical (unpaired) electrons. The normalized spacial score (nSPS) is 10.3. The van der Waals surface area contributed by atoms with Crippen molar-refractivity contribution in [1.82, 2.24) is 19.9 Å². The maximum atomic E-state index is 13.0. The highest BCUT2D eigenvalue weighted by Gasteiger charge is 2.20. The summed E-state index contributed by atoms with van der Waals surface area (Å²) in [4.78, 5) is 38.5. The van der Waals surface area contributed by atoms with E-state index in [-0.39, 0.29) is 17.3 Å². The lowest BCUT2D eigenvalue weighted by Crippen LogP contribution is -2.32. The summed E-state index contributed by atoms with van der Waals surface area (Å²) in [5, 5.41) is 0. The quantitative estimate of drug-likeness (QED) is 0.733. The van der Waals surface area contributed by atoms with Gasteiger partial charge in [0.15, 0.2) is 0 Å². The number of nitrogens with zero attached hydrogens (tertiary/aromatic N) is 4. The molecule has 0 unspecified atom stereocenters. The largest absolute Gasteiger partial charge is 0.364 e. The average molecular weight is 347 g/mol. The van der Waals surface area contributed by atoms with E-state index in [1.807, 2.05) is 36.4 Å². The van der Waals surface area contributed by atoms with Crippen molar-refractivity contribution in [2.24, 2.45) is 5.73 Å². The Morgan fingerprint density at radius 1 is 0.808 bits per heavy atom. The summed E-state index contributed by atoms with van der Waals surface area (Å²) in [6.45, 7) is 0.581. The third-order valence-corrected chi connectivity index (χ3v) is 3.67. The lowest BCUT2D eigenvalue weighted by Gasteiger charge is -2.22. The summed E-state index contributed by atoms with van der Waals surface area (Å²) in [6, 6.07) is 15.6. The van der Waals surface area contributed by atoms with Gasteiger partial charge in [0.25, 0.3) is 11.8 Å². The zero-order chi connectivity index (χ0) is 18.4. The molecule has 0 aromatic carbocycles. The summed E-state index contributed by atoms with van der Waals surface area (Å²) in [5.41, 5.74) is 6.93. The zero-order valence-electron chi connectivity index (χ0n) is 13.9. The summed E-state index contributed by atoms with van der Waals surface area (Å²) in [7, 11) is 0. The first-order valence-electron chi connectivity index (χ1n) is 7.99. The molecule has 2 N–H and O–H groups in total. The fourth-order valence-corrected chi connectivity index (χ4v) is 2.43. The molecule has 3 aromatic heterocycles. The Morgan fingerprint density at radius 2 is 1.38 bits per heavy atom. The third kappa shape index (κ3) is 4.27. The van der Waals surface area contributed by atoms with E-state index >= 15 is 0 Å². The van der Waals surface area contributed by atoms with Crippen LogP contribution in [-0.2, 0) is 13.1 Å². The number of nitrogens with two attached hydrogens (primary N) is 1. The number of pyridine rings is 3. The maximum absolute atomic E-state index is 13.0. The van der Waals surface area contributed by atoms with Gasteiger partial charge < -0.3 is 10.6 Å². The molecule has 0 aliphatic carbocycles. The summed E-state index contributed by atoms with van der Waals surface area (Å²) < 4.78 is 0. The molecule has 26 heavy (non-hydrogen) atoms. The van der Waals surface area contributed by atoms with E-state index < -0.39 is 5.91 Å². The zero-order valence-corrected chi connectivity index (χ0v) is 13.9. The van der Waals surface area contributed by atoms with E-state index in [9.17, 15) is 9.59 Å². The minimum absolute atomic E-state index is 0.0477. The Hall–Kier alpha value is -3.61. The molecule has 3 aromatic rings. The van der Waals surface area contributed by atoms with E-state index in [2.05, 4.69) is 15.0 Å². The molecule has 3 heterocycles. The molecule has 3 rings (SSSR count). The van der Waals surface area contributed by atoms with Gasteiger partial charge in [0.1, 0.15) is 11.4 Å². The number of rotatable bonds is 6. The Kier molecular flexibility index (Phi) is 5.28. The van der Waals surface area contributed by atoms with Crippen molar-refractivity contribution in [2.75, 3.05) is 0 Å². The lowest BCUT2D eigenvalue weighted by atomic mass is 10.2. The molecule has 7 heteroatoms. The van der Waals surface area contributed by atoms with Gasteiger partial charge in [-0.2, -0.15) is 0 Å². The van der Waals surface area contributed by atoms with Crippen LogP contribution in [-0.4, -0.2) is 31.7 Å². The fraction of sp³-hybridized carbons (Fsp3) is 0.105. The van der Waals surface area contributed by atoms with Gasteiger partial charge in [0.2, 0.25) is 0 Å². The van der Waals surface area contributed by atoms with Crippen molar-refractivity contribution in [2.45, 2.75) is 13.1 Å². The second-order valence-electron chi connectivity index (χ2n) is 5.58. The molecule has 2 amide bonds. The van der Waals surface area contributed by atoms with Crippen molar-refractivity contribution in [3.05, 3.63) is 89.8 Å². The monoisotopic (exact) mass is 347 g/mol. The standard InChI is InChI=1S/C19H17N5O2/c20-18(25)16-8-5-9-17(23-16)19(26)24(12-14-6-1-3-10-21-14)13-15-7-2-4-11-22-15/h1-11H,12-13H2,(H2,20,25). The molecule has 0 aliphatic heterocycles. The number of aromatic nitrogens is 3. The second-order valence-corrected chi connectivity index (χ2v) is 5.58. The summed E-state index contributed by atoms with van der Waals surface area (Å²) in [5.74, 6) is -1.01. The Labute approximate surface area is 150 Å². The van der Waals surface area contributed by atoms with Gasteiger partial charge in [-0.3, -0.25) is 19.6 Å². The highest BCUT2D eigenvalue weighted by molar-refractivity contribution is 5.95. The second kappa shape index (κ2) is 7.98. The topological polar surface area (TPSA) is 102 Å². The molecule has 0 saturated carbocycles. The average Bonchev–Trinajstić information content (AvgIpc) is 2.68. The van der Waals surface area contributed by atoms with Gasteiger partial charge in [0.05, 0.1) is 24.5 Å². The maximum Gasteiger partial charge on any atom is 0.273 e. The number of amides is 2. The van der Waals surface area contributed by atoms with Crippen LogP contribution in [0.3, 0.4) is 0 Å². The van der Waals surface area contributed by atoms with Gasteiger partial charge in [-0.15, -0.1) is 0 Å². The van der Waals surface area contributed by atoms with Crippen LogP contribution >= 0.6 is 0 Å². The van der Waals surface area contributed by atoms with Crippen LogP contribution in [0, 0.1) is 0 Å². The van der Waals surface area contributed by atoms with Crippen molar-refractivity contribution in [1.29, 1.82) is 0 Å². The van der Waals surface area contributed by atoms with E-state index in [0.29, 0.717) is 13.1 Å². The van der Waals surface area contributed by atoms with Gasteiger partial charge in [-0.05, 0) is 36.4 Å². The van der Waals surface area contributed by atoms with Gasteiger partial charge >= 0.3 is 0 Å². The predicted molar refractivity (Wildman–Crippen MR) is 94.8 cm³/mol. The fourth-order valence-electron chi connectivity index (χ4n) is 2.43. The molecule has 0 fully saturated rings. The smallest absolute Gasteiger partial charge is 0.273 e. The Morgan fingerprint density at radius 3 is 1.88 bits per heavy atom. The van der Waals surface area contributed by atoms with Gasteiger partial charge in [-0.1, -0.05) is 18.2 Å². The lowest BCUT2D eigenvalue weighted by molar-refractivity contribution is 0.0719. The highest BCUT2D eigenvalue weighted by Crippen LogP contribution is 2.12. The number of carbonyl (C=O) groups excluding carboxylic acids is 2. The highest BCUT2D eigenvalue weighted by atomic mass is 16.2.